The van der Waals surface area contributed by atoms with Crippen LogP contribution < -0.4 is 5.32 Å². The average Bonchev–Trinajstić information content (AvgIpc) is 2.36. The molecule has 1 rings (SSSR count). The smallest absolute Gasteiger partial charge is 0.272 e. The molecule has 106 valence electrons. The lowest BCUT2D eigenvalue weighted by atomic mass is 10.1. The van der Waals surface area contributed by atoms with Crippen LogP contribution in [0.3, 0.4) is 0 Å². The number of hydrogen-bond acceptors (Lipinski definition) is 5. The highest BCUT2D eigenvalue weighted by Gasteiger charge is 2.11. The quantitative estimate of drug-likeness (QED) is 0.465. The van der Waals surface area contributed by atoms with Gasteiger partial charge in [0.05, 0.1) is 10.7 Å². The van der Waals surface area contributed by atoms with E-state index in [-0.39, 0.29) is 17.2 Å². The third kappa shape index (κ3) is 4.96. The molecule has 1 N–H and O–H groups in total. The van der Waals surface area contributed by atoms with Crippen molar-refractivity contribution in [2.75, 3.05) is 18.1 Å². The van der Waals surface area contributed by atoms with Crippen LogP contribution in [0.1, 0.15) is 18.1 Å². The molecule has 0 aliphatic rings. The fourth-order valence-corrected chi connectivity index (χ4v) is 2.31. The minimum absolute atomic E-state index is 0.0808. The first-order chi connectivity index (χ1) is 8.85. The maximum absolute atomic E-state index is 11.3. The molecule has 0 fully saturated rings. The molecule has 0 amide bonds. The molecule has 1 aromatic rings. The van der Waals surface area contributed by atoms with Gasteiger partial charge in [-0.05, 0) is 12.5 Å². The summed E-state index contributed by atoms with van der Waals surface area (Å²) in [7, 11) is -2.97. The molecule has 7 heteroatoms. The Bertz CT molecular complexity index is 555. The highest BCUT2D eigenvalue weighted by Crippen LogP contribution is 2.18. The molecule has 0 radical (unpaired) electrons. The summed E-state index contributed by atoms with van der Waals surface area (Å²) in [5.41, 5.74) is 1.47. The van der Waals surface area contributed by atoms with Crippen molar-refractivity contribution in [3.8, 4) is 0 Å². The van der Waals surface area contributed by atoms with E-state index in [1.807, 2.05) is 0 Å². The van der Waals surface area contributed by atoms with Crippen molar-refractivity contribution in [2.45, 2.75) is 20.4 Å². The summed E-state index contributed by atoms with van der Waals surface area (Å²) in [6.45, 7) is 4.06. The second-order valence-corrected chi connectivity index (χ2v) is 6.76. The van der Waals surface area contributed by atoms with E-state index >= 15 is 0 Å². The van der Waals surface area contributed by atoms with E-state index in [9.17, 15) is 18.5 Å². The van der Waals surface area contributed by atoms with Gasteiger partial charge in [-0.25, -0.2) is 8.42 Å². The van der Waals surface area contributed by atoms with E-state index in [0.29, 0.717) is 18.7 Å². The van der Waals surface area contributed by atoms with Crippen LogP contribution >= 0.6 is 0 Å². The first kappa shape index (κ1) is 15.6. The number of nitrogens with one attached hydrogen (secondary N) is 1. The van der Waals surface area contributed by atoms with E-state index in [4.69, 9.17) is 0 Å². The summed E-state index contributed by atoms with van der Waals surface area (Å²) in [4.78, 5) is 10.4. The largest absolute Gasteiger partial charge is 0.312 e. The summed E-state index contributed by atoms with van der Waals surface area (Å²) >= 11 is 0. The summed E-state index contributed by atoms with van der Waals surface area (Å²) in [6, 6.07) is 5.00. The SMILES string of the molecule is CCS(=O)(=O)CCNCc1ccc(C)c([N+](=O)[O-])c1. The van der Waals surface area contributed by atoms with E-state index in [1.165, 1.54) is 6.07 Å². The zero-order valence-electron chi connectivity index (χ0n) is 11.0. The van der Waals surface area contributed by atoms with Crippen molar-refractivity contribution >= 4 is 15.5 Å². The van der Waals surface area contributed by atoms with Crippen LogP contribution in [0.2, 0.25) is 0 Å². The monoisotopic (exact) mass is 286 g/mol. The standard InChI is InChI=1S/C12H18N2O4S/c1-3-19(17,18)7-6-13-9-11-5-4-10(2)12(8-11)14(15)16/h4-5,8,13H,3,6-7,9H2,1-2H3. The van der Waals surface area contributed by atoms with Crippen LogP contribution in [0.25, 0.3) is 0 Å². The fourth-order valence-electron chi connectivity index (χ4n) is 1.57. The van der Waals surface area contributed by atoms with Gasteiger partial charge in [0.25, 0.3) is 5.69 Å². The minimum Gasteiger partial charge on any atom is -0.312 e. The Morgan fingerprint density at radius 3 is 2.63 bits per heavy atom. The van der Waals surface area contributed by atoms with Crippen LogP contribution in [0.4, 0.5) is 5.69 Å². The molecule has 0 aliphatic heterocycles. The molecular weight excluding hydrogens is 268 g/mol. The molecule has 0 unspecified atom stereocenters. The Labute approximate surface area is 112 Å². The molecule has 1 aromatic carbocycles. The minimum atomic E-state index is -2.97. The molecule has 0 heterocycles. The molecular formula is C12H18N2O4S. The fraction of sp³-hybridized carbons (Fsp3) is 0.500. The van der Waals surface area contributed by atoms with Gasteiger partial charge in [-0.1, -0.05) is 19.1 Å². The number of aryl methyl sites for hydroxylation is 1. The molecule has 6 nitrogen and oxygen atoms in total. The molecule has 0 aromatic heterocycles. The molecule has 19 heavy (non-hydrogen) atoms. The van der Waals surface area contributed by atoms with Gasteiger partial charge >= 0.3 is 0 Å². The van der Waals surface area contributed by atoms with E-state index in [1.54, 1.807) is 26.0 Å². The van der Waals surface area contributed by atoms with Crippen molar-refractivity contribution in [1.29, 1.82) is 0 Å². The molecule has 0 atom stereocenters. The molecule has 0 spiro atoms. The Balaban J connectivity index is 2.55. The third-order valence-electron chi connectivity index (χ3n) is 2.83. The predicted molar refractivity (Wildman–Crippen MR) is 73.9 cm³/mol. The van der Waals surface area contributed by atoms with Crippen molar-refractivity contribution in [1.82, 2.24) is 5.32 Å². The zero-order valence-corrected chi connectivity index (χ0v) is 11.9. The van der Waals surface area contributed by atoms with Crippen molar-refractivity contribution < 1.29 is 13.3 Å². The van der Waals surface area contributed by atoms with Crippen molar-refractivity contribution in [3.63, 3.8) is 0 Å². The number of nitrogens with zero attached hydrogens (tertiary/aromatic N) is 1. The Hall–Kier alpha value is -1.47. The van der Waals surface area contributed by atoms with Gasteiger partial charge in [0.1, 0.15) is 0 Å². The Morgan fingerprint density at radius 1 is 1.37 bits per heavy atom. The van der Waals surface area contributed by atoms with Gasteiger partial charge in [0.2, 0.25) is 0 Å². The Kier molecular flexibility index (Phi) is 5.44. The molecule has 0 saturated heterocycles. The third-order valence-corrected chi connectivity index (χ3v) is 4.53. The first-order valence-electron chi connectivity index (χ1n) is 6.01. The molecule has 0 bridgehead atoms. The second kappa shape index (κ2) is 6.63. The van der Waals surface area contributed by atoms with Gasteiger partial charge in [-0.2, -0.15) is 0 Å². The number of nitro groups is 1. The van der Waals surface area contributed by atoms with Crippen LogP contribution in [0, 0.1) is 17.0 Å². The van der Waals surface area contributed by atoms with E-state index in [0.717, 1.165) is 5.56 Å². The van der Waals surface area contributed by atoms with Gasteiger partial charge in [0.15, 0.2) is 9.84 Å². The first-order valence-corrected chi connectivity index (χ1v) is 7.83. The normalized spacial score (nSPS) is 11.5. The van der Waals surface area contributed by atoms with Crippen LogP contribution in [-0.4, -0.2) is 31.4 Å². The van der Waals surface area contributed by atoms with E-state index in [2.05, 4.69) is 5.32 Å². The van der Waals surface area contributed by atoms with Crippen molar-refractivity contribution in [2.24, 2.45) is 0 Å². The highest BCUT2D eigenvalue weighted by molar-refractivity contribution is 7.91. The van der Waals surface area contributed by atoms with Crippen LogP contribution in [-0.2, 0) is 16.4 Å². The lowest BCUT2D eigenvalue weighted by molar-refractivity contribution is -0.385. The topological polar surface area (TPSA) is 89.3 Å². The summed E-state index contributed by atoms with van der Waals surface area (Å²) in [5, 5.41) is 13.8. The molecule has 0 saturated carbocycles. The van der Waals surface area contributed by atoms with Crippen molar-refractivity contribution in [3.05, 3.63) is 39.4 Å². The highest BCUT2D eigenvalue weighted by atomic mass is 32.2. The number of rotatable bonds is 7. The lowest BCUT2D eigenvalue weighted by Gasteiger charge is -2.06. The maximum Gasteiger partial charge on any atom is 0.272 e. The number of hydrogen-bond donors (Lipinski definition) is 1. The number of sulfone groups is 1. The predicted octanol–water partition coefficient (Wildman–Crippen LogP) is 1.43. The van der Waals surface area contributed by atoms with Crippen LogP contribution in [0.15, 0.2) is 18.2 Å². The number of nitro benzene ring substituents is 1. The zero-order chi connectivity index (χ0) is 14.5. The molecule has 0 aliphatic carbocycles. The maximum atomic E-state index is 11.3. The summed E-state index contributed by atoms with van der Waals surface area (Å²) < 4.78 is 22.5. The van der Waals surface area contributed by atoms with Crippen LogP contribution in [0.5, 0.6) is 0 Å². The second-order valence-electron chi connectivity index (χ2n) is 4.29. The average molecular weight is 286 g/mol. The lowest BCUT2D eigenvalue weighted by Crippen LogP contribution is -2.23. The Morgan fingerprint density at radius 2 is 2.05 bits per heavy atom. The summed E-state index contributed by atoms with van der Waals surface area (Å²) in [5.74, 6) is 0.210. The summed E-state index contributed by atoms with van der Waals surface area (Å²) in [6.07, 6.45) is 0. The van der Waals surface area contributed by atoms with Gasteiger partial charge in [-0.3, -0.25) is 10.1 Å². The van der Waals surface area contributed by atoms with Gasteiger partial charge in [0, 0.05) is 30.5 Å². The van der Waals surface area contributed by atoms with Gasteiger partial charge in [-0.15, -0.1) is 0 Å². The van der Waals surface area contributed by atoms with Gasteiger partial charge < -0.3 is 5.32 Å². The number of benzene rings is 1. The van der Waals surface area contributed by atoms with E-state index < -0.39 is 14.8 Å².